The molecule has 0 aliphatic rings. The van der Waals surface area contributed by atoms with Crippen LogP contribution in [-0.4, -0.2) is 20.4 Å². The van der Waals surface area contributed by atoms with Crippen molar-refractivity contribution in [2.24, 2.45) is 7.05 Å². The number of rotatable bonds is 5. The molecule has 6 nitrogen and oxygen atoms in total. The van der Waals surface area contributed by atoms with Gasteiger partial charge in [0.1, 0.15) is 12.1 Å². The van der Waals surface area contributed by atoms with E-state index < -0.39 is 17.1 Å². The Labute approximate surface area is 166 Å². The highest BCUT2D eigenvalue weighted by Crippen LogP contribution is 2.34. The summed E-state index contributed by atoms with van der Waals surface area (Å²) in [5.41, 5.74) is 1.72. The van der Waals surface area contributed by atoms with E-state index in [4.69, 9.17) is 0 Å². The van der Waals surface area contributed by atoms with Crippen molar-refractivity contribution in [3.63, 3.8) is 0 Å². The number of aldehydes is 1. The number of nitrogens with zero attached hydrogens (tertiary/aromatic N) is 3. The van der Waals surface area contributed by atoms with Crippen molar-refractivity contribution in [2.45, 2.75) is 33.2 Å². The molecule has 0 saturated carbocycles. The first-order chi connectivity index (χ1) is 13.8. The van der Waals surface area contributed by atoms with Crippen LogP contribution in [0, 0.1) is 5.82 Å². The van der Waals surface area contributed by atoms with Gasteiger partial charge in [0.25, 0.3) is 5.56 Å². The van der Waals surface area contributed by atoms with Crippen molar-refractivity contribution in [3.8, 4) is 11.1 Å². The summed E-state index contributed by atoms with van der Waals surface area (Å²) < 4.78 is 16.0. The fraction of sp³-hybridized carbons (Fsp3) is 0.273. The van der Waals surface area contributed by atoms with Gasteiger partial charge < -0.3 is 0 Å². The summed E-state index contributed by atoms with van der Waals surface area (Å²) >= 11 is 0. The molecule has 0 fully saturated rings. The van der Waals surface area contributed by atoms with Crippen molar-refractivity contribution in [1.29, 1.82) is 0 Å². The Kier molecular flexibility index (Phi) is 5.59. The number of carbonyl (C=O) groups excluding carboxylic acids is 1. The molecule has 3 rings (SSSR count). The van der Waals surface area contributed by atoms with E-state index in [9.17, 15) is 18.8 Å². The fourth-order valence-corrected chi connectivity index (χ4v) is 3.47. The van der Waals surface area contributed by atoms with E-state index in [0.717, 1.165) is 4.57 Å². The summed E-state index contributed by atoms with van der Waals surface area (Å²) in [6.07, 6.45) is 3.59. The molecule has 0 saturated heterocycles. The summed E-state index contributed by atoms with van der Waals surface area (Å²) in [5, 5.41) is 0.260. The third-order valence-electron chi connectivity index (χ3n) is 4.87. The summed E-state index contributed by atoms with van der Waals surface area (Å²) in [7, 11) is 1.42. The van der Waals surface area contributed by atoms with Gasteiger partial charge in [-0.2, -0.15) is 0 Å². The minimum atomic E-state index is -0.488. The summed E-state index contributed by atoms with van der Waals surface area (Å²) in [4.78, 5) is 41.5. The van der Waals surface area contributed by atoms with Crippen LogP contribution < -0.4 is 11.2 Å². The Hall–Kier alpha value is -3.35. The lowest BCUT2D eigenvalue weighted by Gasteiger charge is -2.19. The first-order valence-electron chi connectivity index (χ1n) is 9.37. The molecule has 150 valence electrons. The van der Waals surface area contributed by atoms with Crippen LogP contribution in [0.2, 0.25) is 0 Å². The highest BCUT2D eigenvalue weighted by atomic mass is 19.1. The molecule has 3 aromatic rings. The second kappa shape index (κ2) is 7.95. The molecule has 7 heteroatoms. The Morgan fingerprint density at radius 1 is 1.17 bits per heavy atom. The molecular formula is C22H22FN3O3. The molecule has 0 aliphatic heterocycles. The van der Waals surface area contributed by atoms with Gasteiger partial charge in [-0.1, -0.05) is 26.0 Å². The zero-order valence-corrected chi connectivity index (χ0v) is 16.8. The number of allylic oxidation sites excluding steroid dienone is 1. The molecule has 0 aliphatic carbocycles. The van der Waals surface area contributed by atoms with Gasteiger partial charge in [0, 0.05) is 24.7 Å². The van der Waals surface area contributed by atoms with Crippen LogP contribution in [0.3, 0.4) is 0 Å². The van der Waals surface area contributed by atoms with Crippen LogP contribution >= 0.6 is 0 Å². The number of aryl methyl sites for hydroxylation is 1. The van der Waals surface area contributed by atoms with Gasteiger partial charge in [0.05, 0.1) is 11.1 Å². The van der Waals surface area contributed by atoms with Crippen LogP contribution in [0.5, 0.6) is 0 Å². The van der Waals surface area contributed by atoms with Gasteiger partial charge in [-0.15, -0.1) is 0 Å². The monoisotopic (exact) mass is 395 g/mol. The summed E-state index contributed by atoms with van der Waals surface area (Å²) in [6.45, 7) is 6.02. The first-order valence-corrected chi connectivity index (χ1v) is 9.37. The standard InChI is InChI=1S/C22H22FN3O3/c1-5-26-20-18(21(28)25(4)22(26)29)17(14-8-10-15(23)11-9-14)16(7-6-12-27)19(24-20)13(2)3/h6-13H,5H2,1-4H3/b7-6+. The fourth-order valence-electron chi connectivity index (χ4n) is 3.47. The quantitative estimate of drug-likeness (QED) is 0.491. The third kappa shape index (κ3) is 3.44. The van der Waals surface area contributed by atoms with Crippen LogP contribution in [-0.2, 0) is 18.4 Å². The number of benzene rings is 1. The maximum Gasteiger partial charge on any atom is 0.332 e. The maximum atomic E-state index is 13.6. The van der Waals surface area contributed by atoms with E-state index in [1.54, 1.807) is 25.1 Å². The number of halogens is 1. The van der Waals surface area contributed by atoms with Gasteiger partial charge in [-0.05, 0) is 42.7 Å². The molecular weight excluding hydrogens is 373 g/mol. The Bertz CT molecular complexity index is 1240. The molecule has 0 bridgehead atoms. The zero-order chi connectivity index (χ0) is 21.3. The molecule has 0 spiro atoms. The van der Waals surface area contributed by atoms with E-state index in [0.29, 0.717) is 35.2 Å². The lowest BCUT2D eigenvalue weighted by molar-refractivity contribution is -0.104. The highest BCUT2D eigenvalue weighted by molar-refractivity contribution is 5.98. The Balaban J connectivity index is 2.68. The predicted molar refractivity (Wildman–Crippen MR) is 111 cm³/mol. The molecule has 0 atom stereocenters. The molecule has 2 heterocycles. The number of hydrogen-bond acceptors (Lipinski definition) is 4. The maximum absolute atomic E-state index is 13.6. The number of hydrogen-bond donors (Lipinski definition) is 0. The molecule has 0 N–H and O–H groups in total. The van der Waals surface area contributed by atoms with Crippen LogP contribution in [0.15, 0.2) is 39.9 Å². The lowest BCUT2D eigenvalue weighted by Crippen LogP contribution is -2.38. The smallest absolute Gasteiger partial charge is 0.299 e. The van der Waals surface area contributed by atoms with Gasteiger partial charge in [0.2, 0.25) is 0 Å². The lowest BCUT2D eigenvalue weighted by atomic mass is 9.91. The summed E-state index contributed by atoms with van der Waals surface area (Å²) in [6, 6.07) is 5.77. The molecule has 0 amide bonds. The van der Waals surface area contributed by atoms with E-state index in [-0.39, 0.29) is 17.0 Å². The Morgan fingerprint density at radius 3 is 2.38 bits per heavy atom. The number of aromatic nitrogens is 3. The van der Waals surface area contributed by atoms with Crippen molar-refractivity contribution < 1.29 is 9.18 Å². The molecule has 0 radical (unpaired) electrons. The third-order valence-corrected chi connectivity index (χ3v) is 4.87. The van der Waals surface area contributed by atoms with Crippen molar-refractivity contribution >= 4 is 23.4 Å². The molecule has 0 unspecified atom stereocenters. The largest absolute Gasteiger partial charge is 0.332 e. The highest BCUT2D eigenvalue weighted by Gasteiger charge is 2.22. The zero-order valence-electron chi connectivity index (χ0n) is 16.8. The predicted octanol–water partition coefficient (Wildman–Crippen LogP) is 3.26. The van der Waals surface area contributed by atoms with E-state index in [1.807, 2.05) is 13.8 Å². The Morgan fingerprint density at radius 2 is 1.83 bits per heavy atom. The SMILES string of the molecule is CCn1c(=O)n(C)c(=O)c2c(-c3ccc(F)cc3)c(/C=C/C=O)c(C(C)C)nc21. The normalized spacial score (nSPS) is 11.7. The van der Waals surface area contributed by atoms with Gasteiger partial charge >= 0.3 is 5.69 Å². The topological polar surface area (TPSA) is 74.0 Å². The van der Waals surface area contributed by atoms with E-state index >= 15 is 0 Å². The second-order valence-electron chi connectivity index (χ2n) is 7.03. The van der Waals surface area contributed by atoms with Crippen molar-refractivity contribution in [2.75, 3.05) is 0 Å². The number of fused-ring (bicyclic) bond motifs is 1. The average molecular weight is 395 g/mol. The molecule has 1 aromatic carbocycles. The minimum Gasteiger partial charge on any atom is -0.299 e. The molecule has 2 aromatic heterocycles. The van der Waals surface area contributed by atoms with Gasteiger partial charge in [-0.25, -0.2) is 14.2 Å². The van der Waals surface area contributed by atoms with Crippen molar-refractivity contribution in [1.82, 2.24) is 14.1 Å². The first kappa shape index (κ1) is 20.4. The number of carbonyl (C=O) groups is 1. The van der Waals surface area contributed by atoms with Crippen LogP contribution in [0.4, 0.5) is 4.39 Å². The van der Waals surface area contributed by atoms with Gasteiger partial charge in [0.15, 0.2) is 5.65 Å². The average Bonchev–Trinajstić information content (AvgIpc) is 2.70. The van der Waals surface area contributed by atoms with Crippen molar-refractivity contribution in [3.05, 3.63) is 68.3 Å². The minimum absolute atomic E-state index is 0.0469. The van der Waals surface area contributed by atoms with Gasteiger partial charge in [-0.3, -0.25) is 18.7 Å². The second-order valence-corrected chi connectivity index (χ2v) is 7.03. The summed E-state index contributed by atoms with van der Waals surface area (Å²) in [5.74, 6) is -0.450. The van der Waals surface area contributed by atoms with E-state index in [1.165, 1.54) is 29.8 Å². The van der Waals surface area contributed by atoms with E-state index in [2.05, 4.69) is 4.98 Å². The number of pyridine rings is 1. The molecule has 29 heavy (non-hydrogen) atoms. The van der Waals surface area contributed by atoms with Crippen LogP contribution in [0.1, 0.15) is 37.9 Å². The van der Waals surface area contributed by atoms with Crippen LogP contribution in [0.25, 0.3) is 28.2 Å².